The Hall–Kier alpha value is -2.56. The number of hydrogen-bond donors (Lipinski definition) is 2. The maximum Gasteiger partial charge on any atom is 0.345 e. The van der Waals surface area contributed by atoms with Gasteiger partial charge in [-0.2, -0.15) is 0 Å². The third-order valence-electron chi connectivity index (χ3n) is 2.55. The van der Waals surface area contributed by atoms with Crippen molar-refractivity contribution in [2.45, 2.75) is 18.9 Å². The maximum absolute atomic E-state index is 11.5. The molecule has 112 valence electrons. The Bertz CT molecular complexity index is 600. The van der Waals surface area contributed by atoms with Gasteiger partial charge in [-0.3, -0.25) is 25.0 Å². The fourth-order valence-electron chi connectivity index (χ4n) is 1.59. The fourth-order valence-corrected chi connectivity index (χ4v) is 2.24. The van der Waals surface area contributed by atoms with Gasteiger partial charge in [0, 0.05) is 6.42 Å². The normalized spacial score (nSPS) is 17.1. The molecule has 0 aromatic carbocycles. The van der Waals surface area contributed by atoms with Crippen LogP contribution in [0.5, 0.6) is 0 Å². The molecule has 10 nitrogen and oxygen atoms in total. The molecule has 1 atom stereocenters. The number of carbonyl (C=O) groups is 3. The SMILES string of the molecule is O=C(COC(=O)C1CCC(=O)N1)Nc1ncc([N+](=O)[O-])s1. The zero-order chi connectivity index (χ0) is 15.4. The van der Waals surface area contributed by atoms with Crippen molar-refractivity contribution in [3.05, 3.63) is 16.3 Å². The third kappa shape index (κ3) is 3.95. The Morgan fingerprint density at radius 1 is 1.62 bits per heavy atom. The lowest BCUT2D eigenvalue weighted by atomic mass is 10.2. The minimum Gasteiger partial charge on any atom is -0.454 e. The molecule has 1 aliphatic rings. The first-order valence-corrected chi connectivity index (χ1v) is 6.63. The zero-order valence-electron chi connectivity index (χ0n) is 10.5. The van der Waals surface area contributed by atoms with Gasteiger partial charge in [0.15, 0.2) is 11.7 Å². The van der Waals surface area contributed by atoms with Crippen LogP contribution in [0.3, 0.4) is 0 Å². The number of anilines is 1. The number of hydrogen-bond acceptors (Lipinski definition) is 8. The molecule has 2 amide bonds. The Morgan fingerprint density at radius 2 is 2.38 bits per heavy atom. The molecule has 21 heavy (non-hydrogen) atoms. The standard InChI is InChI=1S/C10H10N4O6S/c15-6-2-1-5(12-6)9(17)20-4-7(16)13-10-11-3-8(21-10)14(18)19/h3,5H,1-2,4H2,(H,12,15)(H,11,13,16). The van der Waals surface area contributed by atoms with E-state index in [9.17, 15) is 24.5 Å². The van der Waals surface area contributed by atoms with E-state index in [2.05, 4.69) is 15.6 Å². The first-order chi connectivity index (χ1) is 9.95. The van der Waals surface area contributed by atoms with E-state index >= 15 is 0 Å². The number of carbonyl (C=O) groups excluding carboxylic acids is 3. The quantitative estimate of drug-likeness (QED) is 0.436. The van der Waals surface area contributed by atoms with Gasteiger partial charge in [-0.1, -0.05) is 0 Å². The molecule has 1 saturated heterocycles. The number of ether oxygens (including phenoxy) is 1. The number of rotatable bonds is 5. The predicted molar refractivity (Wildman–Crippen MR) is 69.5 cm³/mol. The van der Waals surface area contributed by atoms with Crippen molar-refractivity contribution in [3.8, 4) is 0 Å². The first-order valence-electron chi connectivity index (χ1n) is 5.82. The van der Waals surface area contributed by atoms with Crippen molar-refractivity contribution >= 4 is 39.3 Å². The number of nitrogens with zero attached hydrogens (tertiary/aromatic N) is 2. The number of esters is 1. The minimum atomic E-state index is -0.730. The van der Waals surface area contributed by atoms with Crippen LogP contribution in [0.15, 0.2) is 6.20 Å². The summed E-state index contributed by atoms with van der Waals surface area (Å²) in [5.41, 5.74) is 0. The van der Waals surface area contributed by atoms with Crippen LogP contribution < -0.4 is 10.6 Å². The molecule has 11 heteroatoms. The van der Waals surface area contributed by atoms with E-state index in [-0.39, 0.29) is 22.5 Å². The third-order valence-corrected chi connectivity index (χ3v) is 3.41. The van der Waals surface area contributed by atoms with Crippen LogP contribution >= 0.6 is 11.3 Å². The summed E-state index contributed by atoms with van der Waals surface area (Å²) in [6, 6.07) is -0.730. The molecular weight excluding hydrogens is 304 g/mol. The Balaban J connectivity index is 1.77. The van der Waals surface area contributed by atoms with Crippen LogP contribution in [-0.2, 0) is 19.1 Å². The van der Waals surface area contributed by atoms with Crippen LogP contribution in [-0.4, -0.2) is 40.3 Å². The van der Waals surface area contributed by atoms with Gasteiger partial charge in [-0.25, -0.2) is 9.78 Å². The molecular formula is C10H10N4O6S. The summed E-state index contributed by atoms with van der Waals surface area (Å²) in [5.74, 6) is -1.60. The van der Waals surface area contributed by atoms with E-state index in [1.165, 1.54) is 0 Å². The number of amides is 2. The summed E-state index contributed by atoms with van der Waals surface area (Å²) in [4.78, 5) is 47.4. The zero-order valence-corrected chi connectivity index (χ0v) is 11.3. The molecule has 2 heterocycles. The highest BCUT2D eigenvalue weighted by atomic mass is 32.1. The second-order valence-electron chi connectivity index (χ2n) is 4.08. The van der Waals surface area contributed by atoms with Crippen molar-refractivity contribution in [1.82, 2.24) is 10.3 Å². The van der Waals surface area contributed by atoms with Gasteiger partial charge in [0.25, 0.3) is 5.91 Å². The molecule has 2 rings (SSSR count). The van der Waals surface area contributed by atoms with Crippen LogP contribution in [0.1, 0.15) is 12.8 Å². The minimum absolute atomic E-state index is 0.0388. The summed E-state index contributed by atoms with van der Waals surface area (Å²) in [6.07, 6.45) is 1.59. The van der Waals surface area contributed by atoms with Crippen LogP contribution in [0, 0.1) is 10.1 Å². The van der Waals surface area contributed by atoms with E-state index in [0.717, 1.165) is 6.20 Å². The molecule has 1 aromatic heterocycles. The average Bonchev–Trinajstić information content (AvgIpc) is 3.05. The molecule has 1 fully saturated rings. The lowest BCUT2D eigenvalue weighted by Gasteiger charge is -2.09. The number of aromatic nitrogens is 1. The van der Waals surface area contributed by atoms with Gasteiger partial charge >= 0.3 is 11.0 Å². The summed E-state index contributed by atoms with van der Waals surface area (Å²) in [6.45, 7) is -0.557. The highest BCUT2D eigenvalue weighted by Crippen LogP contribution is 2.24. The van der Waals surface area contributed by atoms with Gasteiger partial charge in [0.1, 0.15) is 12.2 Å². The molecule has 0 radical (unpaired) electrons. The highest BCUT2D eigenvalue weighted by molar-refractivity contribution is 7.18. The average molecular weight is 314 g/mol. The van der Waals surface area contributed by atoms with E-state index in [1.54, 1.807) is 0 Å². The highest BCUT2D eigenvalue weighted by Gasteiger charge is 2.28. The number of thiazole rings is 1. The predicted octanol–water partition coefficient (Wildman–Crippen LogP) is -0.188. The topological polar surface area (TPSA) is 141 Å². The van der Waals surface area contributed by atoms with Crippen molar-refractivity contribution in [1.29, 1.82) is 0 Å². The summed E-state index contributed by atoms with van der Waals surface area (Å²) in [5, 5.41) is 15.0. The Morgan fingerprint density at radius 3 is 2.95 bits per heavy atom. The number of nitro groups is 1. The van der Waals surface area contributed by atoms with E-state index < -0.39 is 29.4 Å². The molecule has 0 bridgehead atoms. The van der Waals surface area contributed by atoms with Gasteiger partial charge in [-0.05, 0) is 17.8 Å². The second-order valence-corrected chi connectivity index (χ2v) is 5.08. The van der Waals surface area contributed by atoms with Crippen molar-refractivity contribution < 1.29 is 24.0 Å². The molecule has 0 saturated carbocycles. The first kappa shape index (κ1) is 14.8. The maximum atomic E-state index is 11.5. The molecule has 0 spiro atoms. The van der Waals surface area contributed by atoms with Gasteiger partial charge in [0.2, 0.25) is 5.91 Å². The van der Waals surface area contributed by atoms with Crippen molar-refractivity contribution in [2.75, 3.05) is 11.9 Å². The Kier molecular flexibility index (Phi) is 4.42. The smallest absolute Gasteiger partial charge is 0.345 e. The van der Waals surface area contributed by atoms with Crippen LogP contribution in [0.25, 0.3) is 0 Å². The van der Waals surface area contributed by atoms with Gasteiger partial charge < -0.3 is 10.1 Å². The summed E-state index contributed by atoms with van der Waals surface area (Å²) >= 11 is 0.690. The van der Waals surface area contributed by atoms with Crippen LogP contribution in [0.2, 0.25) is 0 Å². The number of nitrogens with one attached hydrogen (secondary N) is 2. The van der Waals surface area contributed by atoms with E-state index in [1.807, 2.05) is 0 Å². The molecule has 0 aliphatic carbocycles. The summed E-state index contributed by atoms with van der Waals surface area (Å²) in [7, 11) is 0. The summed E-state index contributed by atoms with van der Waals surface area (Å²) < 4.78 is 4.74. The van der Waals surface area contributed by atoms with E-state index in [0.29, 0.717) is 17.8 Å². The van der Waals surface area contributed by atoms with Crippen molar-refractivity contribution in [3.63, 3.8) is 0 Å². The monoisotopic (exact) mass is 314 g/mol. The van der Waals surface area contributed by atoms with Gasteiger partial charge in [-0.15, -0.1) is 0 Å². The lowest BCUT2D eigenvalue weighted by molar-refractivity contribution is -0.380. The Labute approximate surface area is 121 Å². The molecule has 1 unspecified atom stereocenters. The second kappa shape index (κ2) is 6.26. The van der Waals surface area contributed by atoms with Gasteiger partial charge in [0.05, 0.1) is 4.92 Å². The van der Waals surface area contributed by atoms with Crippen molar-refractivity contribution in [2.24, 2.45) is 0 Å². The van der Waals surface area contributed by atoms with E-state index in [4.69, 9.17) is 4.74 Å². The fraction of sp³-hybridized carbons (Fsp3) is 0.400. The lowest BCUT2D eigenvalue weighted by Crippen LogP contribution is -2.36. The molecule has 1 aromatic rings. The molecule has 2 N–H and O–H groups in total. The largest absolute Gasteiger partial charge is 0.454 e. The molecule has 1 aliphatic heterocycles. The van der Waals surface area contributed by atoms with Crippen LogP contribution in [0.4, 0.5) is 10.1 Å².